The van der Waals surface area contributed by atoms with E-state index >= 15 is 0 Å². The second kappa shape index (κ2) is 6.56. The lowest BCUT2D eigenvalue weighted by molar-refractivity contribution is -0.128. The van der Waals surface area contributed by atoms with Crippen LogP contribution in [-0.2, 0) is 16.1 Å². The average molecular weight is 290 g/mol. The number of hydrogen-bond acceptors (Lipinski definition) is 4. The maximum atomic E-state index is 12.2. The van der Waals surface area contributed by atoms with Crippen LogP contribution in [0.2, 0.25) is 0 Å². The monoisotopic (exact) mass is 290 g/mol. The number of hydrogen-bond donors (Lipinski definition) is 1. The fourth-order valence-electron chi connectivity index (χ4n) is 2.55. The number of pyridine rings is 1. The van der Waals surface area contributed by atoms with Gasteiger partial charge in [-0.25, -0.2) is 4.98 Å². The highest BCUT2D eigenvalue weighted by molar-refractivity contribution is 5.89. The molecule has 2 amide bonds. The van der Waals surface area contributed by atoms with Gasteiger partial charge in [0, 0.05) is 51.9 Å². The molecule has 0 saturated carbocycles. The van der Waals surface area contributed by atoms with Crippen molar-refractivity contribution in [3.05, 3.63) is 23.9 Å². The van der Waals surface area contributed by atoms with Crippen molar-refractivity contribution in [3.63, 3.8) is 0 Å². The summed E-state index contributed by atoms with van der Waals surface area (Å²) in [5.74, 6) is 0.605. The summed E-state index contributed by atoms with van der Waals surface area (Å²) in [5, 5.41) is 2.92. The first-order valence-corrected chi connectivity index (χ1v) is 7.19. The zero-order valence-electron chi connectivity index (χ0n) is 12.8. The molecule has 1 aromatic rings. The topological polar surface area (TPSA) is 65.5 Å². The van der Waals surface area contributed by atoms with Crippen LogP contribution in [0.5, 0.6) is 0 Å². The van der Waals surface area contributed by atoms with Gasteiger partial charge in [-0.3, -0.25) is 9.59 Å². The van der Waals surface area contributed by atoms with E-state index in [1.807, 2.05) is 38.1 Å². The number of carbonyl (C=O) groups is 2. The third kappa shape index (κ3) is 3.51. The first kappa shape index (κ1) is 15.3. The van der Waals surface area contributed by atoms with E-state index in [0.29, 0.717) is 26.1 Å². The van der Waals surface area contributed by atoms with Crippen molar-refractivity contribution < 1.29 is 9.59 Å². The molecule has 21 heavy (non-hydrogen) atoms. The van der Waals surface area contributed by atoms with Crippen molar-refractivity contribution >= 4 is 17.6 Å². The van der Waals surface area contributed by atoms with Crippen LogP contribution < -0.4 is 10.2 Å². The van der Waals surface area contributed by atoms with Gasteiger partial charge in [0.15, 0.2) is 0 Å². The van der Waals surface area contributed by atoms with Crippen LogP contribution in [0.25, 0.3) is 0 Å². The lowest BCUT2D eigenvalue weighted by Gasteiger charge is -2.17. The predicted molar refractivity (Wildman–Crippen MR) is 80.8 cm³/mol. The minimum atomic E-state index is -0.239. The Morgan fingerprint density at radius 2 is 2.29 bits per heavy atom. The normalized spacial score (nSPS) is 18.0. The van der Waals surface area contributed by atoms with Gasteiger partial charge in [-0.05, 0) is 13.0 Å². The van der Waals surface area contributed by atoms with Crippen molar-refractivity contribution in [3.8, 4) is 0 Å². The number of nitrogens with zero attached hydrogens (tertiary/aromatic N) is 3. The van der Waals surface area contributed by atoms with E-state index in [9.17, 15) is 9.59 Å². The van der Waals surface area contributed by atoms with Crippen molar-refractivity contribution in [1.82, 2.24) is 15.2 Å². The maximum Gasteiger partial charge on any atom is 0.225 e. The molecule has 0 spiro atoms. The first-order chi connectivity index (χ1) is 10.0. The smallest absolute Gasteiger partial charge is 0.225 e. The summed E-state index contributed by atoms with van der Waals surface area (Å²) in [7, 11) is 3.84. The summed E-state index contributed by atoms with van der Waals surface area (Å²) < 4.78 is 0. The molecule has 0 aliphatic carbocycles. The van der Waals surface area contributed by atoms with E-state index in [4.69, 9.17) is 0 Å². The number of nitrogens with one attached hydrogen (secondary N) is 1. The highest BCUT2D eigenvalue weighted by Gasteiger charge is 2.33. The molecule has 0 bridgehead atoms. The Labute approximate surface area is 125 Å². The quantitative estimate of drug-likeness (QED) is 0.864. The Morgan fingerprint density at radius 1 is 1.52 bits per heavy atom. The molecule has 6 heteroatoms. The summed E-state index contributed by atoms with van der Waals surface area (Å²) in [6.45, 7) is 3.54. The predicted octanol–water partition coefficient (Wildman–Crippen LogP) is 0.632. The van der Waals surface area contributed by atoms with E-state index in [1.165, 1.54) is 0 Å². The third-order valence-electron chi connectivity index (χ3n) is 3.71. The zero-order chi connectivity index (χ0) is 15.4. The largest absolute Gasteiger partial charge is 0.362 e. The highest BCUT2D eigenvalue weighted by Crippen LogP contribution is 2.18. The summed E-state index contributed by atoms with van der Waals surface area (Å²) in [6, 6.07) is 3.80. The molecule has 0 radical (unpaired) electrons. The molecule has 1 saturated heterocycles. The van der Waals surface area contributed by atoms with Crippen molar-refractivity contribution in [2.45, 2.75) is 19.9 Å². The van der Waals surface area contributed by atoms with Crippen LogP contribution in [0, 0.1) is 5.92 Å². The number of likely N-dealkylation sites (tertiary alicyclic amines) is 1. The Kier molecular flexibility index (Phi) is 4.77. The molecule has 6 nitrogen and oxygen atoms in total. The Morgan fingerprint density at radius 3 is 2.90 bits per heavy atom. The van der Waals surface area contributed by atoms with E-state index in [-0.39, 0.29) is 17.7 Å². The Hall–Kier alpha value is -2.11. The molecule has 1 aliphatic heterocycles. The third-order valence-corrected chi connectivity index (χ3v) is 3.71. The van der Waals surface area contributed by atoms with Crippen LogP contribution in [0.3, 0.4) is 0 Å². The fraction of sp³-hybridized carbons (Fsp3) is 0.533. The van der Waals surface area contributed by atoms with Gasteiger partial charge in [-0.1, -0.05) is 6.07 Å². The van der Waals surface area contributed by atoms with Crippen LogP contribution in [0.15, 0.2) is 18.3 Å². The summed E-state index contributed by atoms with van der Waals surface area (Å²) in [5.41, 5.74) is 0.965. The second-order valence-electron chi connectivity index (χ2n) is 5.43. The second-order valence-corrected chi connectivity index (χ2v) is 5.43. The molecule has 114 valence electrons. The standard InChI is InChI=1S/C15H22N4O2/c1-4-19-10-12(8-13(19)20)15(21)17-9-11-6-5-7-16-14(11)18(2)3/h5-7,12H,4,8-10H2,1-3H3,(H,17,21)/t12-/m1/s1. The van der Waals surface area contributed by atoms with Gasteiger partial charge in [-0.2, -0.15) is 0 Å². The SMILES string of the molecule is CCN1C[C@H](C(=O)NCc2cccnc2N(C)C)CC1=O. The molecule has 1 aliphatic rings. The van der Waals surface area contributed by atoms with E-state index in [1.54, 1.807) is 11.1 Å². The van der Waals surface area contributed by atoms with Gasteiger partial charge >= 0.3 is 0 Å². The van der Waals surface area contributed by atoms with Gasteiger partial charge in [0.1, 0.15) is 5.82 Å². The van der Waals surface area contributed by atoms with Crippen molar-refractivity contribution in [1.29, 1.82) is 0 Å². The van der Waals surface area contributed by atoms with E-state index in [2.05, 4.69) is 10.3 Å². The lowest BCUT2D eigenvalue weighted by atomic mass is 10.1. The molecular formula is C15H22N4O2. The van der Waals surface area contributed by atoms with Gasteiger partial charge in [0.2, 0.25) is 11.8 Å². The number of amides is 2. The molecule has 1 N–H and O–H groups in total. The summed E-state index contributed by atoms with van der Waals surface area (Å²) in [6.07, 6.45) is 2.04. The molecule has 2 heterocycles. The number of aromatic nitrogens is 1. The fourth-order valence-corrected chi connectivity index (χ4v) is 2.55. The van der Waals surface area contributed by atoms with Gasteiger partial charge < -0.3 is 15.1 Å². The lowest BCUT2D eigenvalue weighted by Crippen LogP contribution is -2.33. The molecule has 1 atom stereocenters. The number of rotatable bonds is 5. The van der Waals surface area contributed by atoms with Crippen molar-refractivity contribution in [2.24, 2.45) is 5.92 Å². The van der Waals surface area contributed by atoms with Crippen LogP contribution >= 0.6 is 0 Å². The molecule has 2 rings (SSSR count). The van der Waals surface area contributed by atoms with Gasteiger partial charge in [-0.15, -0.1) is 0 Å². The molecule has 1 fully saturated rings. The molecular weight excluding hydrogens is 268 g/mol. The number of carbonyl (C=O) groups excluding carboxylic acids is 2. The van der Waals surface area contributed by atoms with E-state index < -0.39 is 0 Å². The molecule has 1 aromatic heterocycles. The van der Waals surface area contributed by atoms with Crippen molar-refractivity contribution in [2.75, 3.05) is 32.1 Å². The van der Waals surface area contributed by atoms with Gasteiger partial charge in [0.25, 0.3) is 0 Å². The highest BCUT2D eigenvalue weighted by atomic mass is 16.2. The van der Waals surface area contributed by atoms with Crippen LogP contribution in [0.4, 0.5) is 5.82 Å². The average Bonchev–Trinajstić information content (AvgIpc) is 2.86. The van der Waals surface area contributed by atoms with Crippen LogP contribution in [0.1, 0.15) is 18.9 Å². The minimum Gasteiger partial charge on any atom is -0.362 e. The Bertz CT molecular complexity index is 530. The number of anilines is 1. The van der Waals surface area contributed by atoms with Gasteiger partial charge in [0.05, 0.1) is 5.92 Å². The van der Waals surface area contributed by atoms with Crippen LogP contribution in [-0.4, -0.2) is 48.9 Å². The minimum absolute atomic E-state index is 0.0622. The maximum absolute atomic E-state index is 12.2. The van der Waals surface area contributed by atoms with E-state index in [0.717, 1.165) is 11.4 Å². The summed E-state index contributed by atoms with van der Waals surface area (Å²) in [4.78, 5) is 31.8. The molecule has 0 unspecified atom stereocenters. The zero-order valence-corrected chi connectivity index (χ0v) is 12.8. The summed E-state index contributed by atoms with van der Waals surface area (Å²) >= 11 is 0. The first-order valence-electron chi connectivity index (χ1n) is 7.19. The Balaban J connectivity index is 1.95. The molecule has 0 aromatic carbocycles.